The van der Waals surface area contributed by atoms with E-state index < -0.39 is 0 Å². The van der Waals surface area contributed by atoms with Crippen molar-refractivity contribution >= 4 is 23.2 Å². The maximum absolute atomic E-state index is 12.7. The van der Waals surface area contributed by atoms with Crippen LogP contribution in [-0.4, -0.2) is 31.1 Å². The van der Waals surface area contributed by atoms with Gasteiger partial charge in [0.05, 0.1) is 14.2 Å². The van der Waals surface area contributed by atoms with Gasteiger partial charge in [0.2, 0.25) is 0 Å². The van der Waals surface area contributed by atoms with E-state index in [0.29, 0.717) is 34.0 Å². The summed E-state index contributed by atoms with van der Waals surface area (Å²) in [4.78, 5) is 25.1. The van der Waals surface area contributed by atoms with E-state index in [0.717, 1.165) is 5.56 Å². The van der Waals surface area contributed by atoms with Crippen LogP contribution in [0.15, 0.2) is 60.7 Å². The first kappa shape index (κ1) is 20.7. The quantitative estimate of drug-likeness (QED) is 0.569. The summed E-state index contributed by atoms with van der Waals surface area (Å²) in [5.41, 5.74) is 2.63. The number of carbonyl (C=O) groups excluding carboxylic acids is 2. The molecule has 7 heteroatoms. The van der Waals surface area contributed by atoms with E-state index in [1.807, 2.05) is 6.92 Å². The lowest BCUT2D eigenvalue weighted by Gasteiger charge is -2.13. The van der Waals surface area contributed by atoms with Crippen LogP contribution in [0, 0.1) is 6.92 Å². The molecule has 154 valence electrons. The normalized spacial score (nSPS) is 10.2. The van der Waals surface area contributed by atoms with Gasteiger partial charge in [0.1, 0.15) is 5.75 Å². The molecule has 30 heavy (non-hydrogen) atoms. The fourth-order valence-corrected chi connectivity index (χ4v) is 2.86. The lowest BCUT2D eigenvalue weighted by molar-refractivity contribution is 0.101. The number of hydrogen-bond acceptors (Lipinski definition) is 5. The highest BCUT2D eigenvalue weighted by atomic mass is 16.5. The Morgan fingerprint density at radius 1 is 0.800 bits per heavy atom. The predicted molar refractivity (Wildman–Crippen MR) is 115 cm³/mol. The van der Waals surface area contributed by atoms with E-state index in [2.05, 4.69) is 10.6 Å². The average molecular weight is 406 g/mol. The number of phenolic OH excluding ortho intramolecular Hbond substituents is 1. The Morgan fingerprint density at radius 3 is 2.20 bits per heavy atom. The molecule has 0 atom stereocenters. The van der Waals surface area contributed by atoms with Crippen molar-refractivity contribution in [3.63, 3.8) is 0 Å². The first-order valence-corrected chi connectivity index (χ1v) is 9.15. The number of aromatic hydroxyl groups is 1. The van der Waals surface area contributed by atoms with Crippen LogP contribution in [0.25, 0.3) is 0 Å². The molecule has 0 saturated heterocycles. The summed E-state index contributed by atoms with van der Waals surface area (Å²) in [5, 5.41) is 15.2. The maximum Gasteiger partial charge on any atom is 0.255 e. The number of aryl methyl sites for hydroxylation is 1. The molecule has 3 N–H and O–H groups in total. The summed E-state index contributed by atoms with van der Waals surface area (Å²) in [7, 11) is 3.03. The van der Waals surface area contributed by atoms with Gasteiger partial charge in [0, 0.05) is 22.5 Å². The van der Waals surface area contributed by atoms with Gasteiger partial charge in [-0.3, -0.25) is 9.59 Å². The Hall–Kier alpha value is -4.00. The molecule has 0 heterocycles. The Kier molecular flexibility index (Phi) is 6.22. The molecule has 0 fully saturated rings. The first-order valence-electron chi connectivity index (χ1n) is 9.15. The first-order chi connectivity index (χ1) is 14.4. The van der Waals surface area contributed by atoms with Crippen molar-refractivity contribution in [1.82, 2.24) is 0 Å². The average Bonchev–Trinajstić information content (AvgIpc) is 2.75. The van der Waals surface area contributed by atoms with Gasteiger partial charge in [-0.1, -0.05) is 12.1 Å². The van der Waals surface area contributed by atoms with Gasteiger partial charge in [0.15, 0.2) is 11.5 Å². The van der Waals surface area contributed by atoms with Crippen molar-refractivity contribution in [3.8, 4) is 17.2 Å². The van der Waals surface area contributed by atoms with E-state index in [1.165, 1.54) is 26.4 Å². The molecule has 0 saturated carbocycles. The molecule has 0 aliphatic heterocycles. The van der Waals surface area contributed by atoms with Gasteiger partial charge in [-0.2, -0.15) is 0 Å². The molecule has 0 aliphatic carbocycles. The summed E-state index contributed by atoms with van der Waals surface area (Å²) in [6.07, 6.45) is 0. The number of benzene rings is 3. The van der Waals surface area contributed by atoms with Crippen molar-refractivity contribution in [3.05, 3.63) is 77.4 Å². The molecule has 0 radical (unpaired) electrons. The Labute approximate surface area is 174 Å². The van der Waals surface area contributed by atoms with E-state index in [4.69, 9.17) is 9.47 Å². The lowest BCUT2D eigenvalue weighted by Crippen LogP contribution is -2.15. The zero-order valence-corrected chi connectivity index (χ0v) is 16.9. The second-order valence-corrected chi connectivity index (χ2v) is 6.56. The summed E-state index contributed by atoms with van der Waals surface area (Å²) in [6.45, 7) is 1.85. The van der Waals surface area contributed by atoms with Crippen molar-refractivity contribution in [2.75, 3.05) is 24.9 Å². The van der Waals surface area contributed by atoms with Gasteiger partial charge in [-0.15, -0.1) is 0 Å². The highest BCUT2D eigenvalue weighted by Crippen LogP contribution is 2.28. The summed E-state index contributed by atoms with van der Waals surface area (Å²) >= 11 is 0. The smallest absolute Gasteiger partial charge is 0.255 e. The summed E-state index contributed by atoms with van der Waals surface area (Å²) in [5.74, 6) is 0.299. The number of ether oxygens (including phenoxy) is 2. The number of hydrogen-bond donors (Lipinski definition) is 3. The zero-order valence-electron chi connectivity index (χ0n) is 16.9. The van der Waals surface area contributed by atoms with Crippen LogP contribution in [0.5, 0.6) is 17.2 Å². The third kappa shape index (κ3) is 4.70. The van der Waals surface area contributed by atoms with Crippen LogP contribution in [0.2, 0.25) is 0 Å². The van der Waals surface area contributed by atoms with Crippen LogP contribution in [0.1, 0.15) is 26.3 Å². The van der Waals surface area contributed by atoms with Crippen molar-refractivity contribution in [2.45, 2.75) is 6.92 Å². The highest BCUT2D eigenvalue weighted by molar-refractivity contribution is 6.07. The number of anilines is 2. The molecule has 0 unspecified atom stereocenters. The molecular weight excluding hydrogens is 384 g/mol. The van der Waals surface area contributed by atoms with Gasteiger partial charge in [0.25, 0.3) is 11.8 Å². The Morgan fingerprint density at radius 2 is 1.50 bits per heavy atom. The predicted octanol–water partition coefficient (Wildman–Crippen LogP) is 4.22. The standard InChI is InChI=1S/C23H22N2O5/c1-14-7-9-17(24-22(27)15-5-4-6-18(26)11-15)13-19(14)25-23(28)16-8-10-20(29-2)21(12-16)30-3/h4-13,26H,1-3H3,(H,24,27)(H,25,28). The van der Waals surface area contributed by atoms with Gasteiger partial charge in [-0.25, -0.2) is 0 Å². The minimum Gasteiger partial charge on any atom is -0.508 e. The van der Waals surface area contributed by atoms with E-state index in [-0.39, 0.29) is 17.6 Å². The zero-order chi connectivity index (χ0) is 21.7. The molecule has 0 aromatic heterocycles. The molecular formula is C23H22N2O5. The van der Waals surface area contributed by atoms with Crippen LogP contribution >= 0.6 is 0 Å². The fourth-order valence-electron chi connectivity index (χ4n) is 2.86. The number of rotatable bonds is 6. The molecule has 2 amide bonds. The third-order valence-corrected chi connectivity index (χ3v) is 4.50. The van der Waals surface area contributed by atoms with Crippen LogP contribution in [0.4, 0.5) is 11.4 Å². The Bertz CT molecular complexity index is 1090. The van der Waals surface area contributed by atoms with Crippen molar-refractivity contribution in [1.29, 1.82) is 0 Å². The molecule has 0 spiro atoms. The summed E-state index contributed by atoms with van der Waals surface area (Å²) < 4.78 is 10.4. The summed E-state index contributed by atoms with van der Waals surface area (Å²) in [6, 6.07) is 16.2. The van der Waals surface area contributed by atoms with E-state index in [9.17, 15) is 14.7 Å². The third-order valence-electron chi connectivity index (χ3n) is 4.50. The number of carbonyl (C=O) groups is 2. The largest absolute Gasteiger partial charge is 0.508 e. The molecule has 0 aliphatic rings. The maximum atomic E-state index is 12.7. The lowest BCUT2D eigenvalue weighted by atomic mass is 10.1. The Balaban J connectivity index is 1.78. The monoisotopic (exact) mass is 406 g/mol. The van der Waals surface area contributed by atoms with E-state index >= 15 is 0 Å². The minimum atomic E-state index is -0.369. The molecule has 3 rings (SSSR count). The molecule has 0 bridgehead atoms. The van der Waals surface area contributed by atoms with Gasteiger partial charge >= 0.3 is 0 Å². The molecule has 7 nitrogen and oxygen atoms in total. The number of phenols is 1. The fraction of sp³-hybridized carbons (Fsp3) is 0.130. The van der Waals surface area contributed by atoms with Crippen LogP contribution in [-0.2, 0) is 0 Å². The topological polar surface area (TPSA) is 96.9 Å². The highest BCUT2D eigenvalue weighted by Gasteiger charge is 2.13. The second-order valence-electron chi connectivity index (χ2n) is 6.56. The van der Waals surface area contributed by atoms with Crippen molar-refractivity contribution < 1.29 is 24.2 Å². The van der Waals surface area contributed by atoms with Crippen LogP contribution in [0.3, 0.4) is 0 Å². The minimum absolute atomic E-state index is 0.00873. The second kappa shape index (κ2) is 9.00. The van der Waals surface area contributed by atoms with Gasteiger partial charge in [-0.05, 0) is 61.0 Å². The SMILES string of the molecule is COc1ccc(C(=O)Nc2cc(NC(=O)c3cccc(O)c3)ccc2C)cc1OC. The number of nitrogens with one attached hydrogen (secondary N) is 2. The van der Waals surface area contributed by atoms with Crippen molar-refractivity contribution in [2.24, 2.45) is 0 Å². The number of amides is 2. The molecule has 3 aromatic rings. The number of methoxy groups -OCH3 is 2. The van der Waals surface area contributed by atoms with Gasteiger partial charge < -0.3 is 25.2 Å². The van der Waals surface area contributed by atoms with E-state index in [1.54, 1.807) is 48.5 Å². The molecule has 3 aromatic carbocycles. The van der Waals surface area contributed by atoms with Crippen LogP contribution < -0.4 is 20.1 Å².